The van der Waals surface area contributed by atoms with Gasteiger partial charge in [0.1, 0.15) is 0 Å². The Bertz CT molecular complexity index is 970. The molecule has 0 saturated heterocycles. The molecule has 0 radical (unpaired) electrons. The molecule has 0 spiro atoms. The first-order chi connectivity index (χ1) is 13.9. The zero-order valence-corrected chi connectivity index (χ0v) is 17.5. The second-order valence-corrected chi connectivity index (χ2v) is 7.88. The van der Waals surface area contributed by atoms with Crippen molar-refractivity contribution >= 4 is 24.3 Å². The predicted molar refractivity (Wildman–Crippen MR) is 124 cm³/mol. The van der Waals surface area contributed by atoms with E-state index < -0.39 is 0 Å². The summed E-state index contributed by atoms with van der Waals surface area (Å²) in [6.07, 6.45) is 7.74. The Morgan fingerprint density at radius 3 is 1.69 bits per heavy atom. The summed E-state index contributed by atoms with van der Waals surface area (Å²) >= 11 is 0. The van der Waals surface area contributed by atoms with Gasteiger partial charge in [-0.05, 0) is 52.3 Å². The third-order valence-corrected chi connectivity index (χ3v) is 4.89. The summed E-state index contributed by atoms with van der Waals surface area (Å²) in [6, 6.07) is 18.8. The maximum Gasteiger partial charge on any atom is 0.345 e. The standard InChI is InChI=1S/C26H28N2O/c1-18(2)22-11-5-20(6-12-22)9-15-24-17-25(28-26(29)27-24)16-10-21-7-13-23(14-8-21)19(3)4/h5-19H,1-4H3,(H,27,28,29)/b15-9-,16-10-. The van der Waals surface area contributed by atoms with Crippen molar-refractivity contribution in [3.05, 3.63) is 98.7 Å². The van der Waals surface area contributed by atoms with Crippen molar-refractivity contribution in [3.63, 3.8) is 0 Å². The van der Waals surface area contributed by atoms with Gasteiger partial charge < -0.3 is 4.98 Å². The van der Waals surface area contributed by atoms with Crippen LogP contribution in [-0.2, 0) is 0 Å². The number of nitrogens with one attached hydrogen (secondary N) is 1. The maximum absolute atomic E-state index is 11.9. The van der Waals surface area contributed by atoms with Crippen LogP contribution in [0.25, 0.3) is 24.3 Å². The Morgan fingerprint density at radius 1 is 0.724 bits per heavy atom. The predicted octanol–water partition coefficient (Wildman–Crippen LogP) is 6.36. The Balaban J connectivity index is 1.76. The summed E-state index contributed by atoms with van der Waals surface area (Å²) < 4.78 is 0. The Kier molecular flexibility index (Phi) is 6.61. The highest BCUT2D eigenvalue weighted by Crippen LogP contribution is 2.17. The molecule has 29 heavy (non-hydrogen) atoms. The van der Waals surface area contributed by atoms with E-state index in [2.05, 4.69) is 86.2 Å². The van der Waals surface area contributed by atoms with Crippen LogP contribution in [0.3, 0.4) is 0 Å². The van der Waals surface area contributed by atoms with Gasteiger partial charge in [-0.1, -0.05) is 88.4 Å². The lowest BCUT2D eigenvalue weighted by Crippen LogP contribution is -2.12. The van der Waals surface area contributed by atoms with E-state index in [4.69, 9.17) is 0 Å². The highest BCUT2D eigenvalue weighted by Gasteiger charge is 2.00. The molecular weight excluding hydrogens is 356 g/mol. The van der Waals surface area contributed by atoms with Crippen molar-refractivity contribution in [1.82, 2.24) is 9.97 Å². The number of hydrogen-bond donors (Lipinski definition) is 1. The van der Waals surface area contributed by atoms with E-state index in [-0.39, 0.29) is 5.69 Å². The van der Waals surface area contributed by atoms with Crippen LogP contribution in [0.5, 0.6) is 0 Å². The molecule has 0 saturated carbocycles. The van der Waals surface area contributed by atoms with E-state index in [0.717, 1.165) is 16.8 Å². The van der Waals surface area contributed by atoms with Gasteiger partial charge in [0.15, 0.2) is 0 Å². The van der Waals surface area contributed by atoms with Crippen LogP contribution in [0.4, 0.5) is 0 Å². The first-order valence-corrected chi connectivity index (χ1v) is 10.1. The number of benzene rings is 2. The van der Waals surface area contributed by atoms with Crippen LogP contribution in [0, 0.1) is 0 Å². The molecule has 0 aliphatic rings. The molecule has 0 amide bonds. The van der Waals surface area contributed by atoms with Gasteiger partial charge in [-0.3, -0.25) is 0 Å². The fourth-order valence-electron chi connectivity index (χ4n) is 3.02. The summed E-state index contributed by atoms with van der Waals surface area (Å²) in [5.41, 5.74) is 5.81. The van der Waals surface area contributed by atoms with Gasteiger partial charge in [-0.25, -0.2) is 4.79 Å². The second kappa shape index (κ2) is 9.33. The van der Waals surface area contributed by atoms with Crippen LogP contribution < -0.4 is 5.69 Å². The zero-order valence-electron chi connectivity index (χ0n) is 17.5. The highest BCUT2D eigenvalue weighted by molar-refractivity contribution is 5.71. The maximum atomic E-state index is 11.9. The van der Waals surface area contributed by atoms with Gasteiger partial charge in [0.2, 0.25) is 0 Å². The number of rotatable bonds is 6. The number of nitrogens with zero attached hydrogens (tertiary/aromatic N) is 1. The van der Waals surface area contributed by atoms with E-state index in [1.165, 1.54) is 11.1 Å². The number of aromatic amines is 1. The minimum Gasteiger partial charge on any atom is -0.306 e. The lowest BCUT2D eigenvalue weighted by atomic mass is 10.0. The topological polar surface area (TPSA) is 45.8 Å². The quantitative estimate of drug-likeness (QED) is 0.537. The fraction of sp³-hybridized carbons (Fsp3) is 0.231. The molecule has 0 unspecified atom stereocenters. The molecule has 0 aliphatic carbocycles. The first-order valence-electron chi connectivity index (χ1n) is 10.1. The van der Waals surface area contributed by atoms with Crippen molar-refractivity contribution in [3.8, 4) is 0 Å². The van der Waals surface area contributed by atoms with Gasteiger partial charge in [0.05, 0.1) is 5.69 Å². The highest BCUT2D eigenvalue weighted by atomic mass is 16.1. The molecular formula is C26H28N2O. The lowest BCUT2D eigenvalue weighted by molar-refractivity contribution is 0.866. The van der Waals surface area contributed by atoms with E-state index in [1.807, 2.05) is 30.4 Å². The molecule has 148 valence electrons. The molecule has 3 aromatic rings. The van der Waals surface area contributed by atoms with E-state index in [1.54, 1.807) is 0 Å². The molecule has 3 rings (SSSR count). The SMILES string of the molecule is CC(C)c1ccc(/C=C\c2cc(/C=C\c3ccc(C(C)C)cc3)[nH]c(=O)n2)cc1. The average molecular weight is 385 g/mol. The van der Waals surface area contributed by atoms with Crippen LogP contribution in [0.15, 0.2) is 59.4 Å². The number of aromatic nitrogens is 2. The van der Waals surface area contributed by atoms with Crippen molar-refractivity contribution in [2.24, 2.45) is 0 Å². The van der Waals surface area contributed by atoms with Crippen molar-refractivity contribution in [1.29, 1.82) is 0 Å². The molecule has 1 aromatic heterocycles. The Morgan fingerprint density at radius 2 is 1.21 bits per heavy atom. The fourth-order valence-corrected chi connectivity index (χ4v) is 3.02. The van der Waals surface area contributed by atoms with E-state index >= 15 is 0 Å². The molecule has 2 aromatic carbocycles. The van der Waals surface area contributed by atoms with Gasteiger partial charge in [0.25, 0.3) is 0 Å². The smallest absolute Gasteiger partial charge is 0.306 e. The van der Waals surface area contributed by atoms with E-state index in [0.29, 0.717) is 17.5 Å². The minimum absolute atomic E-state index is 0.350. The second-order valence-electron chi connectivity index (χ2n) is 7.88. The largest absolute Gasteiger partial charge is 0.345 e. The van der Waals surface area contributed by atoms with Crippen LogP contribution in [0.1, 0.15) is 73.2 Å². The van der Waals surface area contributed by atoms with Crippen LogP contribution >= 0.6 is 0 Å². The molecule has 3 nitrogen and oxygen atoms in total. The molecule has 0 fully saturated rings. The molecule has 0 bridgehead atoms. The number of H-pyrrole nitrogens is 1. The third kappa shape index (κ3) is 5.89. The van der Waals surface area contributed by atoms with Crippen LogP contribution in [0.2, 0.25) is 0 Å². The molecule has 0 atom stereocenters. The van der Waals surface area contributed by atoms with Gasteiger partial charge in [0, 0.05) is 5.69 Å². The summed E-state index contributed by atoms with van der Waals surface area (Å²) in [5, 5.41) is 0. The first kappa shape index (κ1) is 20.5. The molecule has 0 aliphatic heterocycles. The van der Waals surface area contributed by atoms with Crippen LogP contribution in [-0.4, -0.2) is 9.97 Å². The van der Waals surface area contributed by atoms with Gasteiger partial charge in [-0.2, -0.15) is 4.98 Å². The van der Waals surface area contributed by atoms with Gasteiger partial charge in [-0.15, -0.1) is 0 Å². The van der Waals surface area contributed by atoms with Crippen molar-refractivity contribution in [2.45, 2.75) is 39.5 Å². The van der Waals surface area contributed by atoms with Gasteiger partial charge >= 0.3 is 5.69 Å². The minimum atomic E-state index is -0.350. The summed E-state index contributed by atoms with van der Waals surface area (Å²) in [4.78, 5) is 18.8. The summed E-state index contributed by atoms with van der Waals surface area (Å²) in [5.74, 6) is 1.03. The monoisotopic (exact) mass is 384 g/mol. The Labute approximate surface area is 172 Å². The molecule has 3 heteroatoms. The number of hydrogen-bond acceptors (Lipinski definition) is 2. The lowest BCUT2D eigenvalue weighted by Gasteiger charge is -2.05. The summed E-state index contributed by atoms with van der Waals surface area (Å²) in [6.45, 7) is 8.72. The van der Waals surface area contributed by atoms with E-state index in [9.17, 15) is 4.79 Å². The van der Waals surface area contributed by atoms with Crippen molar-refractivity contribution in [2.75, 3.05) is 0 Å². The van der Waals surface area contributed by atoms with Crippen molar-refractivity contribution < 1.29 is 0 Å². The Hall–Kier alpha value is -3.20. The average Bonchev–Trinajstić information content (AvgIpc) is 2.71. The molecule has 1 heterocycles. The zero-order chi connectivity index (χ0) is 20.8. The normalized spacial score (nSPS) is 11.9. The summed E-state index contributed by atoms with van der Waals surface area (Å²) in [7, 11) is 0. The molecule has 1 N–H and O–H groups in total. The third-order valence-electron chi connectivity index (χ3n) is 4.89.